The fraction of sp³-hybridized carbons (Fsp3) is 0. The summed E-state index contributed by atoms with van der Waals surface area (Å²) < 4.78 is 8.55. The van der Waals surface area contributed by atoms with Crippen LogP contribution in [0.25, 0.3) is 0 Å². The average molecular weight is 165 g/mol. The molecule has 39 valence electrons. The average Bonchev–Trinajstić information content (AvgIpc) is 0.722. The topological polar surface area (TPSA) is 86.2 Å². The minimum absolute atomic E-state index is 0. The van der Waals surface area contributed by atoms with Crippen molar-refractivity contribution in [3.63, 3.8) is 0 Å². The summed E-state index contributed by atoms with van der Waals surface area (Å²) in [6.45, 7) is 0. The minimum Gasteiger partial charge on any atom is -0.822 e. The molecule has 0 aliphatic rings. The Bertz CT molecular complexity index is 60.2. The van der Waals surface area contributed by atoms with Gasteiger partial charge >= 0.3 is 17.1 Å². The number of rotatable bonds is 0. The van der Waals surface area contributed by atoms with Crippen molar-refractivity contribution in [2.45, 2.75) is 0 Å². The molecule has 0 saturated carbocycles. The molecule has 4 nitrogen and oxygen atoms in total. The van der Waals surface area contributed by atoms with Crippen molar-refractivity contribution in [1.29, 1.82) is 0 Å². The molecule has 0 amide bonds. The second-order valence-electron chi connectivity index (χ2n) is 0.447. The van der Waals surface area contributed by atoms with Crippen LogP contribution in [0.4, 0.5) is 0 Å². The molecular weight excluding hydrogens is 165 g/mol. The van der Waals surface area contributed by atoms with Gasteiger partial charge in [-0.1, -0.05) is 0 Å². The Morgan fingerprint density at radius 1 is 1.00 bits per heavy atom. The second kappa shape index (κ2) is 8.82. The van der Waals surface area contributed by atoms with E-state index >= 15 is 0 Å². The van der Waals surface area contributed by atoms with Crippen LogP contribution in [0.2, 0.25) is 0 Å². The first kappa shape index (κ1) is 22.6. The Labute approximate surface area is 81.5 Å². The zero-order valence-electron chi connectivity index (χ0n) is 4.43. The zero-order chi connectivity index (χ0) is 4.50. The van der Waals surface area contributed by atoms with E-state index in [1.54, 1.807) is 0 Å². The van der Waals surface area contributed by atoms with Gasteiger partial charge < -0.3 is 19.2 Å². The van der Waals surface area contributed by atoms with Crippen LogP contribution in [0, 0.1) is 0 Å². The normalized spacial score (nSPS) is 7.38. The first-order chi connectivity index (χ1) is 2.00. The van der Waals surface area contributed by atoms with E-state index in [4.69, 9.17) is 19.2 Å². The summed E-state index contributed by atoms with van der Waals surface area (Å²) in [4.78, 5) is 25.6. The van der Waals surface area contributed by atoms with Gasteiger partial charge in [0.05, 0.1) is 0 Å². The predicted octanol–water partition coefficient (Wildman–Crippen LogP) is -3.59. The monoisotopic (exact) mass is 165 g/mol. The maximum atomic E-state index is 8.55. The van der Waals surface area contributed by atoms with Gasteiger partial charge in [-0.3, -0.25) is 0 Å². The smallest absolute Gasteiger partial charge is 0.822 e. The van der Waals surface area contributed by atoms with Crippen molar-refractivity contribution in [1.82, 2.24) is 0 Å². The molecule has 0 N–H and O–H groups in total. The Kier molecular flexibility index (Phi) is 24.9. The largest absolute Gasteiger partial charge is 3.00 e. The summed E-state index contributed by atoms with van der Waals surface area (Å²) in [5.74, 6) is 0. The van der Waals surface area contributed by atoms with Crippen LogP contribution in [0.3, 0.4) is 0 Å². The SMILES string of the molecule is O=P([O-])([O-])[O-].[Fe+3].[Li].[Li]. The molecule has 0 aromatic heterocycles. The van der Waals surface area contributed by atoms with Crippen LogP contribution in [-0.2, 0) is 21.6 Å². The molecule has 0 bridgehead atoms. The maximum absolute atomic E-state index is 8.55. The summed E-state index contributed by atoms with van der Waals surface area (Å²) >= 11 is 0. The van der Waals surface area contributed by atoms with Crippen molar-refractivity contribution in [2.24, 2.45) is 0 Å². The van der Waals surface area contributed by atoms with E-state index in [-0.39, 0.29) is 54.8 Å². The predicted molar refractivity (Wildman–Crippen MR) is 19.1 cm³/mol. The van der Waals surface area contributed by atoms with Crippen molar-refractivity contribution < 1.29 is 36.3 Å². The van der Waals surface area contributed by atoms with Gasteiger partial charge in [-0.05, 0) is 0 Å². The van der Waals surface area contributed by atoms with E-state index in [1.807, 2.05) is 0 Å². The Balaban J connectivity index is -0.0000000267. The van der Waals surface area contributed by atoms with Gasteiger partial charge in [0.1, 0.15) is 0 Å². The summed E-state index contributed by atoms with van der Waals surface area (Å²) in [6, 6.07) is 0. The number of phosphoric acid groups is 1. The zero-order valence-corrected chi connectivity index (χ0v) is 6.43. The third-order valence-corrected chi connectivity index (χ3v) is 0. The first-order valence-electron chi connectivity index (χ1n) is 0.730. The molecule has 3 radical (unpaired) electrons. The van der Waals surface area contributed by atoms with Crippen LogP contribution in [0.1, 0.15) is 0 Å². The van der Waals surface area contributed by atoms with E-state index in [0.717, 1.165) is 0 Å². The van der Waals surface area contributed by atoms with Crippen LogP contribution < -0.4 is 14.7 Å². The Hall–Kier alpha value is 1.82. The fourth-order valence-corrected chi connectivity index (χ4v) is 0. The van der Waals surface area contributed by atoms with Gasteiger partial charge in [0, 0.05) is 37.7 Å². The molecule has 0 rings (SSSR count). The minimum atomic E-state index is -5.39. The molecule has 0 spiro atoms. The van der Waals surface area contributed by atoms with Crippen LogP contribution >= 0.6 is 7.82 Å². The summed E-state index contributed by atoms with van der Waals surface area (Å²) in [5.41, 5.74) is 0. The van der Waals surface area contributed by atoms with Gasteiger partial charge in [-0.15, -0.1) is 0 Å². The molecule has 0 aromatic rings. The van der Waals surface area contributed by atoms with Crippen molar-refractivity contribution in [3.8, 4) is 0 Å². The molecule has 8 heteroatoms. The third kappa shape index (κ3) is 109. The molecule has 0 aromatic carbocycles. The Morgan fingerprint density at radius 2 is 1.00 bits per heavy atom. The molecule has 0 atom stereocenters. The van der Waals surface area contributed by atoms with Crippen molar-refractivity contribution in [3.05, 3.63) is 0 Å². The fourth-order valence-electron chi connectivity index (χ4n) is 0. The quantitative estimate of drug-likeness (QED) is 0.274. The molecular formula is FeLi2O4P. The van der Waals surface area contributed by atoms with E-state index in [1.165, 1.54) is 0 Å². The standard InChI is InChI=1S/Fe.2Li.H3O4P/c;;;1-5(2,3)4/h;;;(H3,1,2,3,4)/q+3;;;/p-3. The number of hydrogen-bond donors (Lipinski definition) is 0. The Morgan fingerprint density at radius 3 is 1.00 bits per heavy atom. The van der Waals surface area contributed by atoms with Gasteiger partial charge in [0.2, 0.25) is 0 Å². The number of hydrogen-bond acceptors (Lipinski definition) is 4. The van der Waals surface area contributed by atoms with E-state index in [9.17, 15) is 0 Å². The third-order valence-electron chi connectivity index (χ3n) is 0. The summed E-state index contributed by atoms with van der Waals surface area (Å²) in [5, 5.41) is 0. The van der Waals surface area contributed by atoms with Crippen molar-refractivity contribution in [2.75, 3.05) is 0 Å². The second-order valence-corrected chi connectivity index (χ2v) is 1.34. The van der Waals surface area contributed by atoms with Crippen LogP contribution in [0.5, 0.6) is 0 Å². The summed E-state index contributed by atoms with van der Waals surface area (Å²) in [6.07, 6.45) is 0. The van der Waals surface area contributed by atoms with E-state index < -0.39 is 7.82 Å². The molecule has 0 fully saturated rings. The van der Waals surface area contributed by atoms with Gasteiger partial charge in [-0.25, -0.2) is 0 Å². The van der Waals surface area contributed by atoms with Gasteiger partial charge in [-0.2, -0.15) is 7.82 Å². The maximum Gasteiger partial charge on any atom is 3.00 e. The van der Waals surface area contributed by atoms with E-state index in [0.29, 0.717) is 0 Å². The molecule has 0 unspecified atom stereocenters. The molecule has 0 heterocycles. The molecule has 0 aliphatic carbocycles. The molecule has 8 heavy (non-hydrogen) atoms. The molecule has 0 aliphatic heterocycles. The van der Waals surface area contributed by atoms with E-state index in [2.05, 4.69) is 0 Å². The summed E-state index contributed by atoms with van der Waals surface area (Å²) in [7, 11) is -5.39. The van der Waals surface area contributed by atoms with Crippen LogP contribution in [0.15, 0.2) is 0 Å². The van der Waals surface area contributed by atoms with Crippen molar-refractivity contribution >= 4 is 45.5 Å². The van der Waals surface area contributed by atoms with Gasteiger partial charge in [0.25, 0.3) is 0 Å². The molecule has 0 saturated heterocycles. The van der Waals surface area contributed by atoms with Gasteiger partial charge in [0.15, 0.2) is 0 Å². The van der Waals surface area contributed by atoms with Crippen LogP contribution in [-0.4, -0.2) is 37.7 Å². The first-order valence-corrected chi connectivity index (χ1v) is 2.19.